The number of carbonyl (C=O) groups is 5. The number of alkyl halides is 1. The van der Waals surface area contributed by atoms with E-state index >= 15 is 0 Å². The van der Waals surface area contributed by atoms with Gasteiger partial charge in [0.05, 0.1) is 0 Å². The van der Waals surface area contributed by atoms with Crippen LogP contribution in [0.1, 0.15) is 12.5 Å². The van der Waals surface area contributed by atoms with Crippen molar-refractivity contribution in [3.8, 4) is 0 Å². The monoisotopic (exact) mass is 524 g/mol. The highest BCUT2D eigenvalue weighted by atomic mass is 35.5. The second-order valence-electron chi connectivity index (χ2n) is 7.20. The van der Waals surface area contributed by atoms with Crippen LogP contribution < -0.4 is 10.6 Å². The minimum atomic E-state index is -1.35. The predicted molar refractivity (Wildman–Crippen MR) is 125 cm³/mol. The van der Waals surface area contributed by atoms with Gasteiger partial charge in [-0.25, -0.2) is 9.59 Å². The third kappa shape index (κ3) is 6.11. The van der Waals surface area contributed by atoms with Gasteiger partial charge in [-0.05, 0) is 0 Å². The number of aliphatic carboxylic acids is 1. The molecule has 186 valence electrons. The molecule has 0 unspecified atom stereocenters. The molecule has 2 aliphatic rings. The number of esters is 1. The molecular formula is C21H21ClN4O8S. The van der Waals surface area contributed by atoms with Crippen molar-refractivity contribution in [3.05, 3.63) is 47.2 Å². The first kappa shape index (κ1) is 26.0. The summed E-state index contributed by atoms with van der Waals surface area (Å²) in [5.41, 5.74) is 0.0600. The number of halogens is 1. The molecule has 14 heteroatoms. The lowest BCUT2D eigenvalue weighted by Crippen LogP contribution is -2.71. The summed E-state index contributed by atoms with van der Waals surface area (Å²) in [7, 11) is 0. The number of amides is 3. The van der Waals surface area contributed by atoms with E-state index in [9.17, 15) is 29.1 Å². The normalized spacial score (nSPS) is 19.3. The average molecular weight is 525 g/mol. The minimum Gasteiger partial charge on any atom is -0.477 e. The topological polar surface area (TPSA) is 164 Å². The number of hydrogen-bond acceptors (Lipinski definition) is 9. The van der Waals surface area contributed by atoms with Gasteiger partial charge in [0.1, 0.15) is 23.7 Å². The van der Waals surface area contributed by atoms with Gasteiger partial charge in [-0.1, -0.05) is 35.5 Å². The molecule has 1 aromatic carbocycles. The molecule has 2 heterocycles. The van der Waals surface area contributed by atoms with Crippen LogP contribution in [0.5, 0.6) is 0 Å². The summed E-state index contributed by atoms with van der Waals surface area (Å²) in [6.07, 6.45) is -0.919. The van der Waals surface area contributed by atoms with Crippen molar-refractivity contribution in [1.29, 1.82) is 0 Å². The number of β-lactam (4-membered cyclic amide) rings is 1. The highest BCUT2D eigenvalue weighted by Crippen LogP contribution is 2.40. The Morgan fingerprint density at radius 2 is 1.97 bits per heavy atom. The fourth-order valence-corrected chi connectivity index (χ4v) is 4.70. The molecule has 0 saturated carbocycles. The van der Waals surface area contributed by atoms with E-state index in [1.54, 1.807) is 30.3 Å². The van der Waals surface area contributed by atoms with Crippen molar-refractivity contribution in [2.24, 2.45) is 5.16 Å². The van der Waals surface area contributed by atoms with Crippen molar-refractivity contribution in [1.82, 2.24) is 15.5 Å². The molecule has 0 aromatic heterocycles. The van der Waals surface area contributed by atoms with Gasteiger partial charge in [0.15, 0.2) is 5.71 Å². The molecule has 0 radical (unpaired) electrons. The minimum absolute atomic E-state index is 0.132. The zero-order valence-electron chi connectivity index (χ0n) is 18.4. The van der Waals surface area contributed by atoms with Gasteiger partial charge in [-0.2, -0.15) is 0 Å². The van der Waals surface area contributed by atoms with Crippen molar-refractivity contribution in [3.63, 3.8) is 0 Å². The lowest BCUT2D eigenvalue weighted by molar-refractivity contribution is -0.150. The van der Waals surface area contributed by atoms with Gasteiger partial charge in [-0.3, -0.25) is 24.1 Å². The first-order valence-corrected chi connectivity index (χ1v) is 11.8. The number of oxime groups is 1. The molecule has 1 fully saturated rings. The molecule has 3 rings (SSSR count). The molecule has 3 N–H and O–H groups in total. The molecule has 0 aliphatic carbocycles. The Bertz CT molecular complexity index is 1090. The van der Waals surface area contributed by atoms with E-state index in [-0.39, 0.29) is 41.8 Å². The van der Waals surface area contributed by atoms with Gasteiger partial charge in [0.2, 0.25) is 0 Å². The molecule has 0 bridgehead atoms. The van der Waals surface area contributed by atoms with Gasteiger partial charge in [0.25, 0.3) is 11.8 Å². The maximum absolute atomic E-state index is 13.0. The number of hydrogen-bond donors (Lipinski definition) is 3. The molecule has 35 heavy (non-hydrogen) atoms. The number of rotatable bonds is 9. The van der Waals surface area contributed by atoms with Crippen LogP contribution in [-0.4, -0.2) is 81.8 Å². The second-order valence-corrected chi connectivity index (χ2v) is 8.68. The highest BCUT2D eigenvalue weighted by Gasteiger charge is 2.54. The first-order valence-electron chi connectivity index (χ1n) is 10.2. The van der Waals surface area contributed by atoms with Crippen molar-refractivity contribution >= 4 is 58.9 Å². The predicted octanol–water partition coefficient (Wildman–Crippen LogP) is 0.657. The van der Waals surface area contributed by atoms with Crippen molar-refractivity contribution < 1.29 is 38.7 Å². The highest BCUT2D eigenvalue weighted by molar-refractivity contribution is 8.00. The summed E-state index contributed by atoms with van der Waals surface area (Å²) in [5.74, 6) is -3.05. The van der Waals surface area contributed by atoms with Crippen LogP contribution in [-0.2, 0) is 28.8 Å². The molecule has 0 spiro atoms. The van der Waals surface area contributed by atoms with Crippen LogP contribution in [0.15, 0.2) is 46.8 Å². The fraction of sp³-hybridized carbons (Fsp3) is 0.333. The van der Waals surface area contributed by atoms with Gasteiger partial charge in [-0.15, -0.1) is 23.4 Å². The summed E-state index contributed by atoms with van der Waals surface area (Å²) < 4.78 is 4.90. The maximum atomic E-state index is 13.0. The van der Waals surface area contributed by atoms with Crippen LogP contribution in [0.25, 0.3) is 0 Å². The summed E-state index contributed by atoms with van der Waals surface area (Å²) in [4.78, 5) is 66.3. The standard InChI is InChI=1S/C21H21ClN4O8S/c1-11(27)33-9-13-10-35-19-15(18(29)26(19)16(13)20(30)31)24-17(28)14(12-5-3-2-4-6-12)25-34-21(32)23-8-7-22/h2-6,15,19H,7-10H2,1H3,(H,23,32)(H,24,28)(H,30,31)/t15-,19-/m1/s1. The maximum Gasteiger partial charge on any atom is 0.433 e. The average Bonchev–Trinajstić information content (AvgIpc) is 2.84. The Kier molecular flexibility index (Phi) is 8.71. The smallest absolute Gasteiger partial charge is 0.433 e. The van der Waals surface area contributed by atoms with Crippen LogP contribution in [0.4, 0.5) is 4.79 Å². The number of thioether (sulfide) groups is 1. The molecule has 3 amide bonds. The van der Waals surface area contributed by atoms with Crippen molar-refractivity contribution in [2.45, 2.75) is 18.3 Å². The lowest BCUT2D eigenvalue weighted by atomic mass is 10.0. The number of nitrogens with one attached hydrogen (secondary N) is 2. The third-order valence-electron chi connectivity index (χ3n) is 4.83. The Balaban J connectivity index is 1.77. The Morgan fingerprint density at radius 3 is 2.60 bits per heavy atom. The number of carboxylic acid groups (broad SMARTS) is 1. The number of benzene rings is 1. The van der Waals surface area contributed by atoms with E-state index < -0.39 is 41.3 Å². The van der Waals surface area contributed by atoms with E-state index in [1.807, 2.05) is 0 Å². The molecular weight excluding hydrogens is 504 g/mol. The quantitative estimate of drug-likeness (QED) is 0.105. The zero-order chi connectivity index (χ0) is 25.5. The summed E-state index contributed by atoms with van der Waals surface area (Å²) in [5, 5.41) is 17.5. The van der Waals surface area contributed by atoms with E-state index in [1.165, 1.54) is 18.7 Å². The molecule has 1 saturated heterocycles. The van der Waals surface area contributed by atoms with E-state index in [4.69, 9.17) is 21.2 Å². The Morgan fingerprint density at radius 1 is 1.26 bits per heavy atom. The Hall–Kier alpha value is -3.58. The number of carboxylic acids is 1. The van der Waals surface area contributed by atoms with Gasteiger partial charge >= 0.3 is 18.0 Å². The van der Waals surface area contributed by atoms with Crippen LogP contribution in [0.2, 0.25) is 0 Å². The SMILES string of the molecule is CC(=O)OCC1=C(C(=O)O)N2C(=O)[C@@H](NC(=O)C(=NOC(=O)NCCCl)c3ccccc3)[C@H]2SC1. The van der Waals surface area contributed by atoms with E-state index in [0.29, 0.717) is 5.56 Å². The fourth-order valence-electron chi connectivity index (χ4n) is 3.28. The number of carbonyl (C=O) groups excluding carboxylic acids is 4. The van der Waals surface area contributed by atoms with Gasteiger partial charge in [0, 0.05) is 36.2 Å². The Labute approximate surface area is 208 Å². The summed E-state index contributed by atoms with van der Waals surface area (Å²) >= 11 is 6.72. The van der Waals surface area contributed by atoms with E-state index in [2.05, 4.69) is 15.8 Å². The third-order valence-corrected chi connectivity index (χ3v) is 6.36. The van der Waals surface area contributed by atoms with Crippen LogP contribution in [0.3, 0.4) is 0 Å². The van der Waals surface area contributed by atoms with E-state index in [0.717, 1.165) is 4.90 Å². The largest absolute Gasteiger partial charge is 0.477 e. The summed E-state index contributed by atoms with van der Waals surface area (Å²) in [6.45, 7) is 1.07. The number of fused-ring (bicyclic) bond motifs is 1. The van der Waals surface area contributed by atoms with Crippen LogP contribution in [0, 0.1) is 0 Å². The van der Waals surface area contributed by atoms with Gasteiger partial charge < -0.3 is 20.5 Å². The lowest BCUT2D eigenvalue weighted by Gasteiger charge is -2.49. The molecule has 2 aliphatic heterocycles. The zero-order valence-corrected chi connectivity index (χ0v) is 19.9. The molecule has 2 atom stereocenters. The van der Waals surface area contributed by atoms with Crippen LogP contribution >= 0.6 is 23.4 Å². The first-order chi connectivity index (χ1) is 16.7. The second kappa shape index (κ2) is 11.7. The van der Waals surface area contributed by atoms with Crippen molar-refractivity contribution in [2.75, 3.05) is 24.8 Å². The molecule has 1 aromatic rings. The number of nitrogens with zero attached hydrogens (tertiary/aromatic N) is 2. The summed E-state index contributed by atoms with van der Waals surface area (Å²) in [6, 6.07) is 7.09. The number of ether oxygens (including phenoxy) is 1. The molecule has 12 nitrogen and oxygen atoms in total.